The maximum Gasteiger partial charge on any atom is 0.101 e. The van der Waals surface area contributed by atoms with E-state index in [1.54, 1.807) is 0 Å². The second kappa shape index (κ2) is 11.4. The second-order valence-electron chi connectivity index (χ2n) is 12.3. The summed E-state index contributed by atoms with van der Waals surface area (Å²) in [5.41, 5.74) is 13.0. The van der Waals surface area contributed by atoms with Gasteiger partial charge in [0.2, 0.25) is 0 Å². The van der Waals surface area contributed by atoms with Crippen LogP contribution < -0.4 is 0 Å². The summed E-state index contributed by atoms with van der Waals surface area (Å²) < 4.78 is 4.66. The maximum atomic E-state index is 10.3. The molecule has 0 saturated heterocycles. The fourth-order valence-electron chi connectivity index (χ4n) is 7.58. The first-order valence-corrected chi connectivity index (χ1v) is 16.2. The molecule has 4 nitrogen and oxygen atoms in total. The Morgan fingerprint density at radius 1 is 0.681 bits per heavy atom. The number of hydrogen-bond donors (Lipinski definition) is 0. The van der Waals surface area contributed by atoms with Crippen LogP contribution in [0.4, 0.5) is 0 Å². The number of benzene rings is 5. The minimum absolute atomic E-state index is 0.367. The lowest BCUT2D eigenvalue weighted by Crippen LogP contribution is -2.11. The highest BCUT2D eigenvalue weighted by molar-refractivity contribution is 6.14. The van der Waals surface area contributed by atoms with Crippen LogP contribution in [0.5, 0.6) is 0 Å². The molecule has 0 radical (unpaired) electrons. The number of aromatic nitrogens is 2. The number of nitrogens with zero attached hydrogens (tertiary/aromatic N) is 4. The maximum absolute atomic E-state index is 10.3. The van der Waals surface area contributed by atoms with Crippen LogP contribution in [0.3, 0.4) is 0 Å². The van der Waals surface area contributed by atoms with E-state index in [0.717, 1.165) is 74.7 Å². The Hall–Kier alpha value is -6.10. The van der Waals surface area contributed by atoms with Gasteiger partial charge in [0.25, 0.3) is 0 Å². The third-order valence-corrected chi connectivity index (χ3v) is 9.71. The molecule has 2 aromatic heterocycles. The summed E-state index contributed by atoms with van der Waals surface area (Å²) in [5, 5.41) is 24.1. The number of fused-ring (bicyclic) bond motifs is 6. The molecule has 0 fully saturated rings. The van der Waals surface area contributed by atoms with E-state index in [-0.39, 0.29) is 0 Å². The zero-order chi connectivity index (χ0) is 32.1. The van der Waals surface area contributed by atoms with Gasteiger partial charge in [0.05, 0.1) is 39.1 Å². The number of allylic oxidation sites excluding steroid dienone is 2. The molecule has 2 heterocycles. The Morgan fingerprint density at radius 2 is 1.36 bits per heavy atom. The van der Waals surface area contributed by atoms with Gasteiger partial charge in [-0.25, -0.2) is 0 Å². The standard InChI is InChI=1S/C43H32N4/c1-3-4-14-33-28(2)19-21-40-43(33)36-23-30(29-12-6-5-7-13-29)20-22-39(36)47(40)42-25-32(27-45)31(26-44)24-41(42)46-37-17-10-8-15-34(37)35-16-9-11-18-38(35)46/h3-8,10,12-15,17,19-25H,1,9,11,16,18H2,2H3/b14-4-. The molecule has 0 aliphatic heterocycles. The molecule has 5 aromatic carbocycles. The lowest BCUT2D eigenvalue weighted by Gasteiger charge is -2.21. The van der Waals surface area contributed by atoms with Crippen molar-refractivity contribution in [3.8, 4) is 34.6 Å². The first-order valence-electron chi connectivity index (χ1n) is 16.2. The third kappa shape index (κ3) is 4.42. The minimum atomic E-state index is 0.367. The van der Waals surface area contributed by atoms with Gasteiger partial charge in [0.1, 0.15) is 12.1 Å². The van der Waals surface area contributed by atoms with Gasteiger partial charge in [-0.15, -0.1) is 0 Å². The van der Waals surface area contributed by atoms with Crippen molar-refractivity contribution in [2.45, 2.75) is 32.6 Å². The van der Waals surface area contributed by atoms with Gasteiger partial charge in [0.15, 0.2) is 0 Å². The summed E-state index contributed by atoms with van der Waals surface area (Å²) in [5.74, 6) is 0. The summed E-state index contributed by atoms with van der Waals surface area (Å²) in [4.78, 5) is 0. The Kier molecular flexibility index (Phi) is 6.86. The average Bonchev–Trinajstić information content (AvgIpc) is 3.63. The van der Waals surface area contributed by atoms with Crippen LogP contribution in [0.2, 0.25) is 0 Å². The Balaban J connectivity index is 1.54. The van der Waals surface area contributed by atoms with E-state index >= 15 is 0 Å². The fourth-order valence-corrected chi connectivity index (χ4v) is 7.58. The van der Waals surface area contributed by atoms with Crippen molar-refractivity contribution in [2.75, 3.05) is 0 Å². The normalized spacial score (nSPS) is 12.8. The van der Waals surface area contributed by atoms with Crippen molar-refractivity contribution < 1.29 is 0 Å². The molecule has 1 aliphatic rings. The van der Waals surface area contributed by atoms with Crippen LogP contribution >= 0.6 is 0 Å². The molecular formula is C43H32N4. The summed E-state index contributed by atoms with van der Waals surface area (Å²) in [7, 11) is 0. The zero-order valence-corrected chi connectivity index (χ0v) is 26.3. The monoisotopic (exact) mass is 604 g/mol. The number of aryl methyl sites for hydroxylation is 2. The van der Waals surface area contributed by atoms with E-state index in [0.29, 0.717) is 11.1 Å². The molecule has 0 unspecified atom stereocenters. The van der Waals surface area contributed by atoms with E-state index in [2.05, 4.69) is 120 Å². The highest BCUT2D eigenvalue weighted by Crippen LogP contribution is 2.42. The summed E-state index contributed by atoms with van der Waals surface area (Å²) in [6, 6.07) is 38.6. The van der Waals surface area contributed by atoms with E-state index < -0.39 is 0 Å². The van der Waals surface area contributed by atoms with Gasteiger partial charge in [-0.3, -0.25) is 0 Å². The number of nitriles is 2. The molecule has 0 amide bonds. The van der Waals surface area contributed by atoms with Crippen molar-refractivity contribution in [3.05, 3.63) is 149 Å². The topological polar surface area (TPSA) is 57.4 Å². The minimum Gasteiger partial charge on any atom is -0.311 e. The first kappa shape index (κ1) is 28.4. The second-order valence-corrected chi connectivity index (χ2v) is 12.3. The van der Waals surface area contributed by atoms with E-state index in [9.17, 15) is 10.5 Å². The number of rotatable bonds is 5. The lowest BCUT2D eigenvalue weighted by atomic mass is 9.95. The molecule has 224 valence electrons. The fraction of sp³-hybridized carbons (Fsp3) is 0.116. The van der Waals surface area contributed by atoms with Crippen molar-refractivity contribution >= 4 is 38.8 Å². The molecule has 4 heteroatoms. The Labute approximate surface area is 274 Å². The predicted molar refractivity (Wildman–Crippen MR) is 193 cm³/mol. The SMILES string of the molecule is C=C/C=C\c1c(C)ccc2c1c1cc(-c3ccccc3)ccc1n2-c1cc(C#N)c(C#N)cc1-n1c2c(c3ccccc31)CCCC2. The molecule has 7 aromatic rings. The highest BCUT2D eigenvalue weighted by atomic mass is 15.1. The quantitative estimate of drug-likeness (QED) is 0.184. The van der Waals surface area contributed by atoms with Crippen LogP contribution in [0.25, 0.3) is 61.3 Å². The number of hydrogen-bond acceptors (Lipinski definition) is 2. The summed E-state index contributed by atoms with van der Waals surface area (Å²) >= 11 is 0. The van der Waals surface area contributed by atoms with Crippen LogP contribution in [0.15, 0.2) is 116 Å². The van der Waals surface area contributed by atoms with Crippen molar-refractivity contribution in [1.29, 1.82) is 10.5 Å². The zero-order valence-electron chi connectivity index (χ0n) is 26.3. The smallest absolute Gasteiger partial charge is 0.101 e. The van der Waals surface area contributed by atoms with Crippen LogP contribution in [0.1, 0.15) is 46.4 Å². The van der Waals surface area contributed by atoms with Crippen molar-refractivity contribution in [1.82, 2.24) is 9.13 Å². The van der Waals surface area contributed by atoms with Crippen LogP contribution in [0, 0.1) is 29.6 Å². The van der Waals surface area contributed by atoms with Gasteiger partial charge >= 0.3 is 0 Å². The van der Waals surface area contributed by atoms with Crippen LogP contribution in [-0.2, 0) is 12.8 Å². The third-order valence-electron chi connectivity index (χ3n) is 9.71. The van der Waals surface area contributed by atoms with E-state index in [1.165, 1.54) is 28.6 Å². The molecule has 0 N–H and O–H groups in total. The summed E-state index contributed by atoms with van der Waals surface area (Å²) in [6.07, 6.45) is 10.2. The van der Waals surface area contributed by atoms with E-state index in [4.69, 9.17) is 0 Å². The highest BCUT2D eigenvalue weighted by Gasteiger charge is 2.26. The Morgan fingerprint density at radius 3 is 2.13 bits per heavy atom. The molecule has 0 spiro atoms. The number of para-hydroxylation sites is 1. The molecule has 0 atom stereocenters. The van der Waals surface area contributed by atoms with Crippen molar-refractivity contribution in [3.63, 3.8) is 0 Å². The van der Waals surface area contributed by atoms with Crippen LogP contribution in [-0.4, -0.2) is 9.13 Å². The molecule has 1 aliphatic carbocycles. The van der Waals surface area contributed by atoms with Gasteiger partial charge in [-0.2, -0.15) is 10.5 Å². The predicted octanol–water partition coefficient (Wildman–Crippen LogP) is 10.5. The molecule has 47 heavy (non-hydrogen) atoms. The van der Waals surface area contributed by atoms with Gasteiger partial charge in [0, 0.05) is 21.9 Å². The average molecular weight is 605 g/mol. The van der Waals surface area contributed by atoms with Gasteiger partial charge in [-0.1, -0.05) is 85.5 Å². The van der Waals surface area contributed by atoms with Gasteiger partial charge < -0.3 is 9.13 Å². The van der Waals surface area contributed by atoms with Crippen molar-refractivity contribution in [2.24, 2.45) is 0 Å². The Bertz CT molecular complexity index is 2510. The molecule has 0 saturated carbocycles. The first-order chi connectivity index (χ1) is 23.1. The molecule has 0 bridgehead atoms. The largest absolute Gasteiger partial charge is 0.311 e. The van der Waals surface area contributed by atoms with E-state index in [1.807, 2.05) is 30.4 Å². The lowest BCUT2D eigenvalue weighted by molar-refractivity contribution is 0.666. The molecular weight excluding hydrogens is 573 g/mol. The summed E-state index contributed by atoms with van der Waals surface area (Å²) in [6.45, 7) is 6.08. The molecule has 8 rings (SSSR count). The van der Waals surface area contributed by atoms with Gasteiger partial charge in [-0.05, 0) is 96.8 Å².